The lowest BCUT2D eigenvalue weighted by Gasteiger charge is -2.13. The molecule has 0 bridgehead atoms. The highest BCUT2D eigenvalue weighted by Crippen LogP contribution is 2.35. The summed E-state index contributed by atoms with van der Waals surface area (Å²) in [5.74, 6) is -1.57. The Morgan fingerprint density at radius 2 is 1.59 bits per heavy atom. The van der Waals surface area contributed by atoms with Crippen LogP contribution in [0.15, 0.2) is 72.4 Å². The van der Waals surface area contributed by atoms with E-state index >= 15 is 0 Å². The van der Waals surface area contributed by atoms with Gasteiger partial charge in [0.1, 0.15) is 11.5 Å². The molecule has 34 heavy (non-hydrogen) atoms. The molecule has 10 heteroatoms. The Labute approximate surface area is 194 Å². The molecule has 3 aromatic rings. The van der Waals surface area contributed by atoms with Crippen molar-refractivity contribution in [3.8, 4) is 11.5 Å². The molecule has 0 aliphatic heterocycles. The lowest BCUT2D eigenvalue weighted by Crippen LogP contribution is -2.30. The summed E-state index contributed by atoms with van der Waals surface area (Å²) in [5.41, 5.74) is -0.148. The number of nitro benzene ring substituents is 1. The molecule has 174 valence electrons. The minimum absolute atomic E-state index is 0.0136. The first-order valence-electron chi connectivity index (χ1n) is 9.87. The van der Waals surface area contributed by atoms with Crippen LogP contribution < -0.4 is 20.1 Å². The summed E-state index contributed by atoms with van der Waals surface area (Å²) < 4.78 is 23.5. The Bertz CT molecular complexity index is 1240. The fourth-order valence-electron chi connectivity index (χ4n) is 2.99. The quantitative estimate of drug-likeness (QED) is 0.293. The first-order chi connectivity index (χ1) is 16.3. The minimum Gasteiger partial charge on any atom is -0.493 e. The van der Waals surface area contributed by atoms with Gasteiger partial charge in [0, 0.05) is 11.3 Å². The third-order valence-electron chi connectivity index (χ3n) is 4.66. The minimum atomic E-state index is -0.778. The van der Waals surface area contributed by atoms with Crippen molar-refractivity contribution in [1.29, 1.82) is 0 Å². The maximum absolute atomic E-state index is 13.2. The van der Waals surface area contributed by atoms with Crippen LogP contribution in [0.25, 0.3) is 6.08 Å². The van der Waals surface area contributed by atoms with E-state index < -0.39 is 22.6 Å². The van der Waals surface area contributed by atoms with Crippen molar-refractivity contribution in [3.05, 3.63) is 99.5 Å². The second kappa shape index (κ2) is 10.7. The van der Waals surface area contributed by atoms with Gasteiger partial charge in [-0.2, -0.15) is 0 Å². The van der Waals surface area contributed by atoms with Crippen LogP contribution in [0.5, 0.6) is 11.5 Å². The van der Waals surface area contributed by atoms with E-state index in [9.17, 15) is 24.1 Å². The van der Waals surface area contributed by atoms with Crippen LogP contribution in [0, 0.1) is 15.9 Å². The molecule has 0 saturated carbocycles. The topological polar surface area (TPSA) is 120 Å². The van der Waals surface area contributed by atoms with Crippen LogP contribution in [-0.4, -0.2) is 31.0 Å². The summed E-state index contributed by atoms with van der Waals surface area (Å²) in [4.78, 5) is 36.8. The van der Waals surface area contributed by atoms with Gasteiger partial charge in [0.2, 0.25) is 0 Å². The van der Waals surface area contributed by atoms with Crippen molar-refractivity contribution in [3.63, 3.8) is 0 Å². The predicted molar refractivity (Wildman–Crippen MR) is 123 cm³/mol. The maximum atomic E-state index is 13.2. The van der Waals surface area contributed by atoms with Crippen molar-refractivity contribution < 1.29 is 28.4 Å². The summed E-state index contributed by atoms with van der Waals surface area (Å²) in [6.07, 6.45) is 1.15. The lowest BCUT2D eigenvalue weighted by atomic mass is 10.1. The largest absolute Gasteiger partial charge is 0.493 e. The number of benzene rings is 3. The summed E-state index contributed by atoms with van der Waals surface area (Å²) in [6, 6.07) is 15.6. The van der Waals surface area contributed by atoms with E-state index in [2.05, 4.69) is 10.6 Å². The molecule has 2 amide bonds. The molecule has 0 aliphatic carbocycles. The number of nitrogens with zero attached hydrogens (tertiary/aromatic N) is 1. The first-order valence-corrected chi connectivity index (χ1v) is 9.87. The van der Waals surface area contributed by atoms with Crippen LogP contribution in [0.4, 0.5) is 15.8 Å². The summed E-state index contributed by atoms with van der Waals surface area (Å²) in [6.45, 7) is 0. The Hall–Kier alpha value is -4.73. The van der Waals surface area contributed by atoms with E-state index in [1.807, 2.05) is 0 Å². The maximum Gasteiger partial charge on any atom is 0.280 e. The summed E-state index contributed by atoms with van der Waals surface area (Å²) >= 11 is 0. The number of methoxy groups -OCH3 is 2. The van der Waals surface area contributed by atoms with E-state index in [0.29, 0.717) is 0 Å². The molecule has 0 spiro atoms. The van der Waals surface area contributed by atoms with Gasteiger partial charge in [0.25, 0.3) is 17.5 Å². The Kier molecular flexibility index (Phi) is 7.55. The molecule has 0 unspecified atom stereocenters. The van der Waals surface area contributed by atoms with Crippen LogP contribution in [0.1, 0.15) is 15.9 Å². The van der Waals surface area contributed by atoms with Crippen molar-refractivity contribution in [2.75, 3.05) is 19.5 Å². The zero-order valence-corrected chi connectivity index (χ0v) is 18.2. The lowest BCUT2D eigenvalue weighted by molar-refractivity contribution is -0.385. The van der Waals surface area contributed by atoms with Crippen LogP contribution >= 0.6 is 0 Å². The normalized spacial score (nSPS) is 10.9. The molecule has 0 atom stereocenters. The molecule has 0 radical (unpaired) electrons. The highest BCUT2D eigenvalue weighted by atomic mass is 19.1. The van der Waals surface area contributed by atoms with E-state index in [4.69, 9.17) is 9.47 Å². The third-order valence-corrected chi connectivity index (χ3v) is 4.66. The number of nitro groups is 1. The number of hydrogen-bond acceptors (Lipinski definition) is 6. The van der Waals surface area contributed by atoms with Crippen molar-refractivity contribution in [2.45, 2.75) is 0 Å². The predicted octanol–water partition coefficient (Wildman–Crippen LogP) is 4.16. The van der Waals surface area contributed by atoms with Crippen molar-refractivity contribution >= 4 is 29.3 Å². The second-order valence-electron chi connectivity index (χ2n) is 6.86. The average molecular weight is 465 g/mol. The van der Waals surface area contributed by atoms with E-state index in [0.717, 1.165) is 24.3 Å². The zero-order valence-electron chi connectivity index (χ0n) is 18.2. The number of hydrogen-bond donors (Lipinski definition) is 2. The van der Waals surface area contributed by atoms with E-state index in [-0.39, 0.29) is 39.7 Å². The highest BCUT2D eigenvalue weighted by Gasteiger charge is 2.22. The molecule has 0 aliphatic rings. The van der Waals surface area contributed by atoms with Gasteiger partial charge < -0.3 is 20.1 Å². The Morgan fingerprint density at radius 3 is 2.18 bits per heavy atom. The van der Waals surface area contributed by atoms with Crippen LogP contribution in [0.3, 0.4) is 0 Å². The fraction of sp³-hybridized carbons (Fsp3) is 0.0833. The van der Waals surface area contributed by atoms with Gasteiger partial charge >= 0.3 is 0 Å². The van der Waals surface area contributed by atoms with E-state index in [1.165, 1.54) is 32.4 Å². The monoisotopic (exact) mass is 465 g/mol. The van der Waals surface area contributed by atoms with Gasteiger partial charge in [0.05, 0.1) is 30.8 Å². The molecule has 0 aromatic heterocycles. The number of carbonyl (C=O) groups is 2. The molecular weight excluding hydrogens is 445 g/mol. The smallest absolute Gasteiger partial charge is 0.280 e. The van der Waals surface area contributed by atoms with Gasteiger partial charge in [-0.05, 0) is 48.5 Å². The van der Waals surface area contributed by atoms with Gasteiger partial charge in [0.15, 0.2) is 11.5 Å². The van der Waals surface area contributed by atoms with E-state index in [1.54, 1.807) is 30.3 Å². The zero-order chi connectivity index (χ0) is 24.7. The molecular formula is C24H20FN3O6. The van der Waals surface area contributed by atoms with Gasteiger partial charge in [-0.3, -0.25) is 19.7 Å². The highest BCUT2D eigenvalue weighted by molar-refractivity contribution is 6.10. The third kappa shape index (κ3) is 5.74. The van der Waals surface area contributed by atoms with Crippen molar-refractivity contribution in [1.82, 2.24) is 5.32 Å². The number of nitrogens with one attached hydrogen (secondary N) is 2. The summed E-state index contributed by atoms with van der Waals surface area (Å²) in [5, 5.41) is 16.7. The Balaban J connectivity index is 2.06. The number of rotatable bonds is 8. The Morgan fingerprint density at radius 1 is 0.971 bits per heavy atom. The molecule has 3 rings (SSSR count). The van der Waals surface area contributed by atoms with Gasteiger partial charge in [-0.1, -0.05) is 18.2 Å². The first kappa shape index (κ1) is 23.9. The standard InChI is InChI=1S/C24H20FN3O6/c1-33-21-13-16(20(28(31)32)14-22(21)34-2)12-19(27-23(29)15-6-4-3-5-7-15)24(30)26-18-10-8-17(25)9-11-18/h3-14H,1-2H3,(H,26,30)(H,27,29)/b19-12+. The molecule has 9 nitrogen and oxygen atoms in total. The SMILES string of the molecule is COc1cc(/C=C(/NC(=O)c2ccccc2)C(=O)Nc2ccc(F)cc2)c([N+](=O)[O-])cc1OC. The number of carbonyl (C=O) groups excluding carboxylic acids is 2. The number of ether oxygens (including phenoxy) is 2. The van der Waals surface area contributed by atoms with Gasteiger partial charge in [-0.25, -0.2) is 4.39 Å². The molecule has 2 N–H and O–H groups in total. The molecule has 0 fully saturated rings. The van der Waals surface area contributed by atoms with Crippen LogP contribution in [0.2, 0.25) is 0 Å². The molecule has 0 heterocycles. The number of anilines is 1. The average Bonchev–Trinajstić information content (AvgIpc) is 2.84. The van der Waals surface area contributed by atoms with Crippen LogP contribution in [-0.2, 0) is 4.79 Å². The number of amides is 2. The second-order valence-corrected chi connectivity index (χ2v) is 6.86. The summed E-state index contributed by atoms with van der Waals surface area (Å²) in [7, 11) is 2.69. The van der Waals surface area contributed by atoms with Gasteiger partial charge in [-0.15, -0.1) is 0 Å². The number of halogens is 1. The fourth-order valence-corrected chi connectivity index (χ4v) is 2.99. The molecule has 3 aromatic carbocycles. The molecule has 0 saturated heterocycles. The van der Waals surface area contributed by atoms with Crippen molar-refractivity contribution in [2.24, 2.45) is 0 Å².